The second kappa shape index (κ2) is 6.46. The maximum absolute atomic E-state index is 11.8. The van der Waals surface area contributed by atoms with Crippen LogP contribution in [0.3, 0.4) is 0 Å². The van der Waals surface area contributed by atoms with Crippen molar-refractivity contribution in [3.05, 3.63) is 10.6 Å². The second-order valence-corrected chi connectivity index (χ2v) is 7.17. The van der Waals surface area contributed by atoms with E-state index in [4.69, 9.17) is 0 Å². The molecule has 0 unspecified atom stereocenters. The fourth-order valence-electron chi connectivity index (χ4n) is 1.29. The summed E-state index contributed by atoms with van der Waals surface area (Å²) in [6.07, 6.45) is 0. The second-order valence-electron chi connectivity index (χ2n) is 4.16. The highest BCUT2D eigenvalue weighted by Crippen LogP contribution is 2.31. The Balaban J connectivity index is 1.99. The van der Waals surface area contributed by atoms with Crippen molar-refractivity contribution in [1.82, 2.24) is 24.7 Å². The lowest BCUT2D eigenvalue weighted by Gasteiger charge is -2.18. The molecule has 0 aliphatic carbocycles. The van der Waals surface area contributed by atoms with Crippen LogP contribution in [-0.2, 0) is 5.75 Å². The molecule has 108 valence electrons. The maximum atomic E-state index is 11.8. The first-order valence-electron chi connectivity index (χ1n) is 5.68. The molecule has 7 nitrogen and oxygen atoms in total. The molecule has 0 radical (unpaired) electrons. The van der Waals surface area contributed by atoms with Crippen LogP contribution in [0.25, 0.3) is 0 Å². The van der Waals surface area contributed by atoms with Crippen molar-refractivity contribution in [3.63, 3.8) is 0 Å². The molecule has 0 fully saturated rings. The molecule has 2 rings (SSSR count). The summed E-state index contributed by atoms with van der Waals surface area (Å²) in [5.74, 6) is 0.767. The van der Waals surface area contributed by atoms with Gasteiger partial charge in [-0.25, -0.2) is 4.79 Å². The van der Waals surface area contributed by atoms with E-state index in [0.29, 0.717) is 5.13 Å². The van der Waals surface area contributed by atoms with Gasteiger partial charge in [-0.15, -0.1) is 15.3 Å². The average molecular weight is 330 g/mol. The number of rotatable bonds is 4. The van der Waals surface area contributed by atoms with Gasteiger partial charge in [-0.05, 0) is 18.5 Å². The molecule has 2 aromatic rings. The number of carbonyl (C=O) groups excluding carboxylic acids is 1. The van der Waals surface area contributed by atoms with Crippen LogP contribution in [0, 0.1) is 6.92 Å². The predicted molar refractivity (Wildman–Crippen MR) is 81.6 cm³/mol. The highest BCUT2D eigenvalue weighted by Gasteiger charge is 2.17. The van der Waals surface area contributed by atoms with Gasteiger partial charge in [0.2, 0.25) is 5.13 Å². The summed E-state index contributed by atoms with van der Waals surface area (Å²) in [4.78, 5) is 15.9. The predicted octanol–water partition coefficient (Wildman–Crippen LogP) is 2.11. The number of aryl methyl sites for hydroxylation is 1. The van der Waals surface area contributed by atoms with Crippen molar-refractivity contribution in [2.24, 2.45) is 0 Å². The van der Waals surface area contributed by atoms with Crippen molar-refractivity contribution in [2.75, 3.05) is 26.0 Å². The summed E-state index contributed by atoms with van der Waals surface area (Å²) in [6, 6.07) is -0.125. The molecule has 2 amide bonds. The van der Waals surface area contributed by atoms with E-state index < -0.39 is 0 Å². The number of urea groups is 1. The number of hydrogen-bond donors (Lipinski definition) is 0. The van der Waals surface area contributed by atoms with Crippen LogP contribution in [0.15, 0.2) is 4.34 Å². The smallest absolute Gasteiger partial charge is 0.325 e. The van der Waals surface area contributed by atoms with Gasteiger partial charge in [-0.2, -0.15) is 0 Å². The van der Waals surface area contributed by atoms with Crippen molar-refractivity contribution in [3.8, 4) is 0 Å². The quantitative estimate of drug-likeness (QED) is 0.631. The van der Waals surface area contributed by atoms with Gasteiger partial charge in [0.15, 0.2) is 4.34 Å². The molecule has 0 aromatic carbocycles. The lowest BCUT2D eigenvalue weighted by Crippen LogP contribution is -2.36. The molecular formula is C10H14N6OS3. The topological polar surface area (TPSA) is 75.1 Å². The molecule has 0 bridgehead atoms. The van der Waals surface area contributed by atoms with Crippen LogP contribution >= 0.6 is 34.6 Å². The SMILES string of the molecule is Cc1nnsc1CSc1nnc(N(C)C(=O)N(C)C)s1. The van der Waals surface area contributed by atoms with E-state index in [1.165, 1.54) is 32.7 Å². The van der Waals surface area contributed by atoms with Crippen LogP contribution in [0.4, 0.5) is 9.93 Å². The number of nitrogens with zero attached hydrogens (tertiary/aromatic N) is 6. The monoisotopic (exact) mass is 330 g/mol. The number of hydrogen-bond acceptors (Lipinski definition) is 8. The summed E-state index contributed by atoms with van der Waals surface area (Å²) in [6.45, 7) is 1.94. The van der Waals surface area contributed by atoms with E-state index in [2.05, 4.69) is 19.8 Å². The Bertz CT molecular complexity index is 595. The molecule has 2 aromatic heterocycles. The van der Waals surface area contributed by atoms with Crippen LogP contribution in [-0.4, -0.2) is 51.9 Å². The minimum absolute atomic E-state index is 0.125. The molecule has 0 saturated carbocycles. The standard InChI is InChI=1S/C10H14N6OS3/c1-6-7(20-14-11-6)5-18-9-13-12-8(19-9)16(4)10(17)15(2)3/h5H2,1-4H3. The molecule has 10 heteroatoms. The summed E-state index contributed by atoms with van der Waals surface area (Å²) in [7, 11) is 5.10. The summed E-state index contributed by atoms with van der Waals surface area (Å²) < 4.78 is 4.72. The van der Waals surface area contributed by atoms with Crippen molar-refractivity contribution >= 4 is 45.8 Å². The fourth-order valence-corrected chi connectivity index (χ4v) is 3.84. The first-order valence-corrected chi connectivity index (χ1v) is 8.25. The van der Waals surface area contributed by atoms with Gasteiger partial charge < -0.3 is 4.90 Å². The van der Waals surface area contributed by atoms with E-state index in [1.807, 2.05) is 6.92 Å². The van der Waals surface area contributed by atoms with Gasteiger partial charge in [0.1, 0.15) is 0 Å². The minimum atomic E-state index is -0.125. The Morgan fingerprint density at radius 2 is 2.00 bits per heavy atom. The van der Waals surface area contributed by atoms with Gasteiger partial charge in [-0.1, -0.05) is 27.6 Å². The zero-order chi connectivity index (χ0) is 14.7. The largest absolute Gasteiger partial charge is 0.330 e. The lowest BCUT2D eigenvalue weighted by molar-refractivity contribution is 0.225. The highest BCUT2D eigenvalue weighted by atomic mass is 32.2. The molecule has 0 aliphatic heterocycles. The zero-order valence-electron chi connectivity index (χ0n) is 11.5. The zero-order valence-corrected chi connectivity index (χ0v) is 14.0. The summed E-state index contributed by atoms with van der Waals surface area (Å²) in [5.41, 5.74) is 0.951. The third kappa shape index (κ3) is 3.44. The molecule has 0 N–H and O–H groups in total. The highest BCUT2D eigenvalue weighted by molar-refractivity contribution is 8.00. The average Bonchev–Trinajstić information content (AvgIpc) is 3.03. The molecule has 0 aliphatic rings. The number of amides is 2. The molecular weight excluding hydrogens is 316 g/mol. The van der Waals surface area contributed by atoms with Gasteiger partial charge in [0.25, 0.3) is 0 Å². The van der Waals surface area contributed by atoms with Crippen molar-refractivity contribution < 1.29 is 4.79 Å². The number of thioether (sulfide) groups is 1. The molecule has 2 heterocycles. The molecule has 0 atom stereocenters. The van der Waals surface area contributed by atoms with E-state index in [-0.39, 0.29) is 6.03 Å². The number of carbonyl (C=O) groups is 1. The molecule has 20 heavy (non-hydrogen) atoms. The first kappa shape index (κ1) is 15.1. The molecule has 0 spiro atoms. The number of anilines is 1. The Kier molecular flexibility index (Phi) is 4.89. The first-order chi connectivity index (χ1) is 9.49. The van der Waals surface area contributed by atoms with Gasteiger partial charge in [0.05, 0.1) is 10.6 Å². The summed E-state index contributed by atoms with van der Waals surface area (Å²) >= 11 is 4.37. The third-order valence-electron chi connectivity index (χ3n) is 2.42. The van der Waals surface area contributed by atoms with Crippen LogP contribution in [0.1, 0.15) is 10.6 Å². The van der Waals surface area contributed by atoms with Crippen molar-refractivity contribution in [2.45, 2.75) is 17.0 Å². The Morgan fingerprint density at radius 1 is 1.25 bits per heavy atom. The van der Waals surface area contributed by atoms with E-state index in [9.17, 15) is 4.79 Å². The number of aromatic nitrogens is 4. The molecule has 0 saturated heterocycles. The lowest BCUT2D eigenvalue weighted by atomic mass is 10.4. The van der Waals surface area contributed by atoms with Gasteiger partial charge >= 0.3 is 6.03 Å². The van der Waals surface area contributed by atoms with E-state index in [0.717, 1.165) is 20.7 Å². The van der Waals surface area contributed by atoms with Crippen LogP contribution < -0.4 is 4.90 Å². The maximum Gasteiger partial charge on any atom is 0.325 e. The van der Waals surface area contributed by atoms with Crippen LogP contribution in [0.2, 0.25) is 0 Å². The van der Waals surface area contributed by atoms with Crippen LogP contribution in [0.5, 0.6) is 0 Å². The minimum Gasteiger partial charge on any atom is -0.330 e. The van der Waals surface area contributed by atoms with Gasteiger partial charge in [0, 0.05) is 26.9 Å². The van der Waals surface area contributed by atoms with Crippen molar-refractivity contribution in [1.29, 1.82) is 0 Å². The summed E-state index contributed by atoms with van der Waals surface area (Å²) in [5, 5.41) is 12.7. The third-order valence-corrected chi connectivity index (χ3v) is 5.59. The Labute approximate surface area is 129 Å². The van der Waals surface area contributed by atoms with E-state index >= 15 is 0 Å². The fraction of sp³-hybridized carbons (Fsp3) is 0.500. The van der Waals surface area contributed by atoms with Gasteiger partial charge in [-0.3, -0.25) is 4.90 Å². The normalized spacial score (nSPS) is 10.6. The van der Waals surface area contributed by atoms with E-state index in [1.54, 1.807) is 32.9 Å². The Hall–Kier alpha value is -1.26. The Morgan fingerprint density at radius 3 is 2.60 bits per heavy atom.